The van der Waals surface area contributed by atoms with Crippen LogP contribution in [0.5, 0.6) is 0 Å². The average Bonchev–Trinajstić information content (AvgIpc) is 3.17. The van der Waals surface area contributed by atoms with E-state index in [1.165, 1.54) is 12.1 Å². The third kappa shape index (κ3) is 3.82. The predicted octanol–water partition coefficient (Wildman–Crippen LogP) is 3.67. The maximum Gasteiger partial charge on any atom is 0.276 e. The Labute approximate surface area is 163 Å². The third-order valence-corrected chi connectivity index (χ3v) is 5.11. The van der Waals surface area contributed by atoms with Crippen LogP contribution >= 0.6 is 0 Å². The molecule has 1 fully saturated rings. The molecule has 1 amide bonds. The number of aryl methyl sites for hydroxylation is 1. The van der Waals surface area contributed by atoms with Gasteiger partial charge in [0.1, 0.15) is 11.6 Å². The fourth-order valence-electron chi connectivity index (χ4n) is 3.71. The van der Waals surface area contributed by atoms with Gasteiger partial charge in [0.2, 0.25) is 0 Å². The van der Waals surface area contributed by atoms with Gasteiger partial charge in [0, 0.05) is 32.2 Å². The number of hydrogen-bond acceptors (Lipinski definition) is 4. The van der Waals surface area contributed by atoms with Gasteiger partial charge in [0.15, 0.2) is 5.69 Å². The summed E-state index contributed by atoms with van der Waals surface area (Å²) in [5.74, 6) is 0.283. The van der Waals surface area contributed by atoms with Crippen molar-refractivity contribution >= 4 is 5.91 Å². The largest absolute Gasteiger partial charge is 0.361 e. The normalized spacial score (nSPS) is 16.1. The van der Waals surface area contributed by atoms with Crippen LogP contribution in [-0.4, -0.2) is 47.0 Å². The molecule has 144 valence electrons. The Balaban J connectivity index is 1.52. The molecule has 5 nitrogen and oxygen atoms in total. The van der Waals surface area contributed by atoms with Gasteiger partial charge in [-0.3, -0.25) is 9.69 Å². The van der Waals surface area contributed by atoms with Crippen molar-refractivity contribution in [3.63, 3.8) is 0 Å². The lowest BCUT2D eigenvalue weighted by atomic mass is 9.96. The number of rotatable bonds is 4. The zero-order chi connectivity index (χ0) is 19.5. The Kier molecular flexibility index (Phi) is 5.21. The van der Waals surface area contributed by atoms with Crippen LogP contribution in [0.3, 0.4) is 0 Å². The number of aromatic nitrogens is 1. The second-order valence-corrected chi connectivity index (χ2v) is 7.02. The molecule has 2 heterocycles. The van der Waals surface area contributed by atoms with Crippen molar-refractivity contribution in [3.8, 4) is 0 Å². The molecule has 0 saturated carbocycles. The molecule has 1 unspecified atom stereocenters. The first-order chi connectivity index (χ1) is 13.6. The molecule has 1 saturated heterocycles. The maximum atomic E-state index is 13.4. The SMILES string of the molecule is Cc1cc(C(=O)N2CCN(C(c3ccccc3)c3ccc(F)cc3)CC2)no1. The fraction of sp³-hybridized carbons (Fsp3) is 0.273. The van der Waals surface area contributed by atoms with Crippen LogP contribution in [0.1, 0.15) is 33.4 Å². The van der Waals surface area contributed by atoms with Gasteiger partial charge in [-0.15, -0.1) is 0 Å². The summed E-state index contributed by atoms with van der Waals surface area (Å²) in [5, 5.41) is 3.83. The smallest absolute Gasteiger partial charge is 0.276 e. The molecule has 2 aromatic carbocycles. The minimum absolute atomic E-state index is 0.0216. The van der Waals surface area contributed by atoms with Crippen molar-refractivity contribution in [2.75, 3.05) is 26.2 Å². The van der Waals surface area contributed by atoms with E-state index in [0.717, 1.165) is 24.2 Å². The summed E-state index contributed by atoms with van der Waals surface area (Å²) in [6.45, 7) is 4.43. The summed E-state index contributed by atoms with van der Waals surface area (Å²) in [4.78, 5) is 16.8. The monoisotopic (exact) mass is 379 g/mol. The highest BCUT2D eigenvalue weighted by Crippen LogP contribution is 2.30. The van der Waals surface area contributed by atoms with Gasteiger partial charge in [-0.1, -0.05) is 47.6 Å². The van der Waals surface area contributed by atoms with Crippen molar-refractivity contribution < 1.29 is 13.7 Å². The predicted molar refractivity (Wildman–Crippen MR) is 103 cm³/mol. The molecule has 1 aliphatic rings. The first-order valence-corrected chi connectivity index (χ1v) is 9.39. The molecular formula is C22H22FN3O2. The zero-order valence-electron chi connectivity index (χ0n) is 15.7. The van der Waals surface area contributed by atoms with E-state index in [9.17, 15) is 9.18 Å². The van der Waals surface area contributed by atoms with E-state index >= 15 is 0 Å². The number of carbonyl (C=O) groups excluding carboxylic acids is 1. The number of halogens is 1. The summed E-state index contributed by atoms with van der Waals surface area (Å²) < 4.78 is 18.4. The van der Waals surface area contributed by atoms with Gasteiger partial charge >= 0.3 is 0 Å². The Bertz CT molecular complexity index is 932. The highest BCUT2D eigenvalue weighted by atomic mass is 19.1. The van der Waals surface area contributed by atoms with Crippen molar-refractivity contribution in [1.29, 1.82) is 0 Å². The van der Waals surface area contributed by atoms with Crippen molar-refractivity contribution in [3.05, 3.63) is 89.1 Å². The van der Waals surface area contributed by atoms with Crippen molar-refractivity contribution in [1.82, 2.24) is 15.0 Å². The lowest BCUT2D eigenvalue weighted by Gasteiger charge is -2.39. The lowest BCUT2D eigenvalue weighted by molar-refractivity contribution is 0.0587. The van der Waals surface area contributed by atoms with Crippen LogP contribution in [-0.2, 0) is 0 Å². The number of nitrogens with zero attached hydrogens (tertiary/aromatic N) is 3. The minimum atomic E-state index is -0.242. The molecule has 0 aliphatic carbocycles. The van der Waals surface area contributed by atoms with Gasteiger partial charge in [-0.25, -0.2) is 4.39 Å². The quantitative estimate of drug-likeness (QED) is 0.694. The number of carbonyl (C=O) groups is 1. The highest BCUT2D eigenvalue weighted by molar-refractivity contribution is 5.92. The standard InChI is InChI=1S/C22H22FN3O2/c1-16-15-20(24-28-16)22(27)26-13-11-25(12-14-26)21(17-5-3-2-4-6-17)18-7-9-19(23)10-8-18/h2-10,15,21H,11-14H2,1H3. The van der Waals surface area contributed by atoms with Gasteiger partial charge in [0.25, 0.3) is 5.91 Å². The van der Waals surface area contributed by atoms with E-state index in [-0.39, 0.29) is 17.8 Å². The summed E-state index contributed by atoms with van der Waals surface area (Å²) >= 11 is 0. The van der Waals surface area contributed by atoms with Crippen LogP contribution in [0.15, 0.2) is 65.2 Å². The van der Waals surface area contributed by atoms with E-state index in [1.54, 1.807) is 17.9 Å². The summed E-state index contributed by atoms with van der Waals surface area (Å²) in [6, 6.07) is 18.5. The third-order valence-electron chi connectivity index (χ3n) is 5.11. The number of hydrogen-bond donors (Lipinski definition) is 0. The minimum Gasteiger partial charge on any atom is -0.361 e. The molecule has 1 aliphatic heterocycles. The van der Waals surface area contributed by atoms with Crippen LogP contribution in [0, 0.1) is 12.7 Å². The molecule has 6 heteroatoms. The molecule has 4 rings (SSSR count). The van der Waals surface area contributed by atoms with E-state index in [0.29, 0.717) is 24.5 Å². The lowest BCUT2D eigenvalue weighted by Crippen LogP contribution is -2.50. The van der Waals surface area contributed by atoms with E-state index in [2.05, 4.69) is 22.2 Å². The first kappa shape index (κ1) is 18.4. The fourth-order valence-corrected chi connectivity index (χ4v) is 3.71. The summed E-state index contributed by atoms with van der Waals surface area (Å²) in [5.41, 5.74) is 2.55. The van der Waals surface area contributed by atoms with Crippen LogP contribution in [0.4, 0.5) is 4.39 Å². The van der Waals surface area contributed by atoms with Gasteiger partial charge < -0.3 is 9.42 Å². The molecule has 0 N–H and O–H groups in total. The molecule has 28 heavy (non-hydrogen) atoms. The Morgan fingerprint density at radius 2 is 1.64 bits per heavy atom. The van der Waals surface area contributed by atoms with Crippen LogP contribution in [0.25, 0.3) is 0 Å². The molecule has 0 bridgehead atoms. The topological polar surface area (TPSA) is 49.6 Å². The second-order valence-electron chi connectivity index (χ2n) is 7.02. The highest BCUT2D eigenvalue weighted by Gasteiger charge is 2.29. The molecule has 1 atom stereocenters. The Morgan fingerprint density at radius 3 is 2.25 bits per heavy atom. The van der Waals surface area contributed by atoms with E-state index in [1.807, 2.05) is 30.3 Å². The number of benzene rings is 2. The molecular weight excluding hydrogens is 357 g/mol. The number of piperazine rings is 1. The Hall–Kier alpha value is -2.99. The van der Waals surface area contributed by atoms with Gasteiger partial charge in [0.05, 0.1) is 6.04 Å². The van der Waals surface area contributed by atoms with Crippen molar-refractivity contribution in [2.45, 2.75) is 13.0 Å². The maximum absolute atomic E-state index is 13.4. The second kappa shape index (κ2) is 7.94. The van der Waals surface area contributed by atoms with Crippen LogP contribution in [0.2, 0.25) is 0 Å². The molecule has 1 aromatic heterocycles. The molecule has 3 aromatic rings. The summed E-state index contributed by atoms with van der Waals surface area (Å²) in [6.07, 6.45) is 0. The zero-order valence-corrected chi connectivity index (χ0v) is 15.7. The molecule has 0 radical (unpaired) electrons. The Morgan fingerprint density at radius 1 is 1.00 bits per heavy atom. The van der Waals surface area contributed by atoms with Gasteiger partial charge in [-0.2, -0.15) is 0 Å². The van der Waals surface area contributed by atoms with Crippen LogP contribution < -0.4 is 0 Å². The van der Waals surface area contributed by atoms with Gasteiger partial charge in [-0.05, 0) is 30.2 Å². The number of amides is 1. The van der Waals surface area contributed by atoms with Crippen molar-refractivity contribution in [2.24, 2.45) is 0 Å². The van der Waals surface area contributed by atoms with E-state index < -0.39 is 0 Å². The van der Waals surface area contributed by atoms with E-state index in [4.69, 9.17) is 4.52 Å². The first-order valence-electron chi connectivity index (χ1n) is 9.39. The summed E-state index contributed by atoms with van der Waals surface area (Å²) in [7, 11) is 0. The molecule has 0 spiro atoms. The average molecular weight is 379 g/mol.